The van der Waals surface area contributed by atoms with Crippen LogP contribution in [0.4, 0.5) is 5.69 Å². The summed E-state index contributed by atoms with van der Waals surface area (Å²) in [4.78, 5) is 16.7. The maximum atomic E-state index is 12.3. The highest BCUT2D eigenvalue weighted by molar-refractivity contribution is 6.31. The van der Waals surface area contributed by atoms with Crippen LogP contribution in [0.5, 0.6) is 5.75 Å². The summed E-state index contributed by atoms with van der Waals surface area (Å²) in [6.45, 7) is 2.75. The van der Waals surface area contributed by atoms with Gasteiger partial charge in [-0.3, -0.25) is 9.78 Å². The molecule has 0 saturated carbocycles. The van der Waals surface area contributed by atoms with Crippen LogP contribution in [0.2, 0.25) is 5.02 Å². The number of nitrogens with one attached hydrogen (secondary N) is 1. The largest absolute Gasteiger partial charge is 0.492 e. The maximum absolute atomic E-state index is 12.3. The Morgan fingerprint density at radius 2 is 2.02 bits per heavy atom. The van der Waals surface area contributed by atoms with Crippen LogP contribution < -0.4 is 10.1 Å². The summed E-state index contributed by atoms with van der Waals surface area (Å²) >= 11 is 6.06. The zero-order valence-electron chi connectivity index (χ0n) is 22.0. The molecule has 0 radical (unpaired) electrons. The molecule has 40 heavy (non-hydrogen) atoms. The number of pyridine rings is 1. The Balaban J connectivity index is 0.974. The lowest BCUT2D eigenvalue weighted by Crippen LogP contribution is -2.09. The SMILES string of the molecule is O=C(/C=C/C1=CCC=C1)c1ccc(OCCn2cc(COCCCNc3ccnc4cc(Cl)ccc34)nn2)cc1. The normalized spacial score (nSPS) is 12.8. The quantitative estimate of drug-likeness (QED) is 0.112. The molecule has 9 heteroatoms. The summed E-state index contributed by atoms with van der Waals surface area (Å²) in [5, 5.41) is 13.5. The molecule has 1 N–H and O–H groups in total. The average molecular weight is 556 g/mol. The second-order valence-electron chi connectivity index (χ2n) is 9.24. The fourth-order valence-corrected chi connectivity index (χ4v) is 4.37. The molecule has 0 amide bonds. The second kappa shape index (κ2) is 13.7. The van der Waals surface area contributed by atoms with Crippen molar-refractivity contribution in [3.8, 4) is 5.75 Å². The van der Waals surface area contributed by atoms with Crippen LogP contribution in [0.1, 0.15) is 28.9 Å². The Morgan fingerprint density at radius 3 is 2.88 bits per heavy atom. The highest BCUT2D eigenvalue weighted by Gasteiger charge is 2.06. The van der Waals surface area contributed by atoms with Crippen molar-refractivity contribution in [1.82, 2.24) is 20.0 Å². The maximum Gasteiger partial charge on any atom is 0.185 e. The zero-order valence-corrected chi connectivity index (χ0v) is 22.8. The van der Waals surface area contributed by atoms with Crippen LogP contribution in [0.15, 0.2) is 96.9 Å². The summed E-state index contributed by atoms with van der Waals surface area (Å²) in [6, 6.07) is 14.8. The first-order valence-corrected chi connectivity index (χ1v) is 13.6. The van der Waals surface area contributed by atoms with Gasteiger partial charge in [-0.25, -0.2) is 4.68 Å². The highest BCUT2D eigenvalue weighted by atomic mass is 35.5. The number of ether oxygens (including phenoxy) is 2. The van der Waals surface area contributed by atoms with Gasteiger partial charge in [0.25, 0.3) is 0 Å². The van der Waals surface area contributed by atoms with E-state index < -0.39 is 0 Å². The molecule has 0 bridgehead atoms. The predicted molar refractivity (Wildman–Crippen MR) is 157 cm³/mol. The Bertz CT molecular complexity index is 1540. The van der Waals surface area contributed by atoms with E-state index in [9.17, 15) is 4.79 Å². The third kappa shape index (κ3) is 7.65. The summed E-state index contributed by atoms with van der Waals surface area (Å²) in [5.41, 5.74) is 4.35. The summed E-state index contributed by atoms with van der Waals surface area (Å²) in [7, 11) is 0. The Labute approximate surface area is 238 Å². The smallest absolute Gasteiger partial charge is 0.185 e. The van der Waals surface area contributed by atoms with Gasteiger partial charge in [0, 0.05) is 41.0 Å². The zero-order chi connectivity index (χ0) is 27.6. The van der Waals surface area contributed by atoms with E-state index in [4.69, 9.17) is 21.1 Å². The molecule has 2 aromatic heterocycles. The Hall–Kier alpha value is -4.27. The number of nitrogens with zero attached hydrogens (tertiary/aromatic N) is 4. The molecule has 0 unspecified atom stereocenters. The van der Waals surface area contributed by atoms with Crippen molar-refractivity contribution in [2.75, 3.05) is 25.1 Å². The Kier molecular flexibility index (Phi) is 9.34. The van der Waals surface area contributed by atoms with Crippen LogP contribution in [0, 0.1) is 0 Å². The second-order valence-corrected chi connectivity index (χ2v) is 9.67. The monoisotopic (exact) mass is 555 g/mol. The van der Waals surface area contributed by atoms with E-state index in [0.717, 1.165) is 47.2 Å². The lowest BCUT2D eigenvalue weighted by molar-refractivity contribution is 0.104. The molecule has 0 aliphatic heterocycles. The number of carbonyl (C=O) groups is 1. The standard InChI is InChI=1S/C31H30ClN5O3/c32-25-9-12-28-29(14-16-34-30(28)20-25)33-15-3-18-39-22-26-21-37(36-35-26)17-19-40-27-10-7-24(8-11-27)31(38)13-6-23-4-1-2-5-23/h1,4-14,16,20-21H,2-3,15,17-19,22H2,(H,33,34)/b13-6+. The molecular formula is C31H30ClN5O3. The number of anilines is 1. The van der Waals surface area contributed by atoms with Crippen molar-refractivity contribution >= 4 is 34.0 Å². The number of allylic oxidation sites excluding steroid dienone is 6. The number of hydrogen-bond acceptors (Lipinski definition) is 7. The van der Waals surface area contributed by atoms with Gasteiger partial charge in [-0.15, -0.1) is 5.10 Å². The van der Waals surface area contributed by atoms with Gasteiger partial charge < -0.3 is 14.8 Å². The first-order chi connectivity index (χ1) is 19.6. The number of benzene rings is 2. The summed E-state index contributed by atoms with van der Waals surface area (Å²) < 4.78 is 13.3. The van der Waals surface area contributed by atoms with Crippen LogP contribution in [-0.2, 0) is 17.9 Å². The molecule has 2 aromatic carbocycles. The molecular weight excluding hydrogens is 526 g/mol. The van der Waals surface area contributed by atoms with Crippen LogP contribution in [-0.4, -0.2) is 45.5 Å². The molecule has 0 fully saturated rings. The van der Waals surface area contributed by atoms with Crippen molar-refractivity contribution in [2.24, 2.45) is 0 Å². The molecule has 0 spiro atoms. The molecule has 1 aliphatic carbocycles. The van der Waals surface area contributed by atoms with E-state index in [0.29, 0.717) is 42.7 Å². The minimum atomic E-state index is -0.0329. The molecule has 0 atom stereocenters. The minimum absolute atomic E-state index is 0.0329. The fourth-order valence-electron chi connectivity index (χ4n) is 4.20. The molecule has 0 saturated heterocycles. The van der Waals surface area contributed by atoms with Gasteiger partial charge in [0.1, 0.15) is 18.1 Å². The minimum Gasteiger partial charge on any atom is -0.492 e. The lowest BCUT2D eigenvalue weighted by Gasteiger charge is -2.09. The molecule has 2 heterocycles. The van der Waals surface area contributed by atoms with E-state index in [1.807, 2.05) is 42.6 Å². The van der Waals surface area contributed by atoms with Crippen molar-refractivity contribution in [3.05, 3.63) is 113 Å². The van der Waals surface area contributed by atoms with Crippen LogP contribution in [0.3, 0.4) is 0 Å². The highest BCUT2D eigenvalue weighted by Crippen LogP contribution is 2.24. The Morgan fingerprint density at radius 1 is 1.12 bits per heavy atom. The third-order valence-electron chi connectivity index (χ3n) is 6.28. The summed E-state index contributed by atoms with van der Waals surface area (Å²) in [6.07, 6.45) is 15.0. The number of carbonyl (C=O) groups excluding carboxylic acids is 1. The van der Waals surface area contributed by atoms with Crippen molar-refractivity contribution in [1.29, 1.82) is 0 Å². The molecule has 1 aliphatic rings. The molecule has 8 nitrogen and oxygen atoms in total. The lowest BCUT2D eigenvalue weighted by atomic mass is 10.1. The van der Waals surface area contributed by atoms with Crippen molar-refractivity contribution < 1.29 is 14.3 Å². The number of hydrogen-bond donors (Lipinski definition) is 1. The number of aromatic nitrogens is 4. The third-order valence-corrected chi connectivity index (χ3v) is 6.51. The van der Waals surface area contributed by atoms with Gasteiger partial charge >= 0.3 is 0 Å². The van der Waals surface area contributed by atoms with Crippen LogP contribution in [0.25, 0.3) is 10.9 Å². The van der Waals surface area contributed by atoms with E-state index in [1.54, 1.807) is 41.2 Å². The number of rotatable bonds is 14. The molecule has 204 valence electrons. The van der Waals surface area contributed by atoms with Gasteiger partial charge in [-0.1, -0.05) is 41.1 Å². The number of halogens is 1. The molecule has 4 aromatic rings. The predicted octanol–water partition coefficient (Wildman–Crippen LogP) is 6.20. The fraction of sp³-hybridized carbons (Fsp3) is 0.226. The van der Waals surface area contributed by atoms with E-state index in [2.05, 4.69) is 32.8 Å². The van der Waals surface area contributed by atoms with Crippen molar-refractivity contribution in [3.63, 3.8) is 0 Å². The van der Waals surface area contributed by atoms with Gasteiger partial charge in [0.15, 0.2) is 5.78 Å². The topological polar surface area (TPSA) is 91.2 Å². The number of ketones is 1. The summed E-state index contributed by atoms with van der Waals surface area (Å²) in [5.74, 6) is 0.664. The molecule has 5 rings (SSSR count). The number of fused-ring (bicyclic) bond motifs is 1. The van der Waals surface area contributed by atoms with Gasteiger partial charge in [-0.05, 0) is 73.0 Å². The average Bonchev–Trinajstić information content (AvgIpc) is 3.66. The van der Waals surface area contributed by atoms with E-state index in [1.165, 1.54) is 0 Å². The van der Waals surface area contributed by atoms with E-state index >= 15 is 0 Å². The van der Waals surface area contributed by atoms with Gasteiger partial charge in [-0.2, -0.15) is 0 Å². The van der Waals surface area contributed by atoms with Crippen LogP contribution >= 0.6 is 11.6 Å². The van der Waals surface area contributed by atoms with Gasteiger partial charge in [0.05, 0.1) is 24.9 Å². The first kappa shape index (κ1) is 27.3. The first-order valence-electron chi connectivity index (χ1n) is 13.2. The van der Waals surface area contributed by atoms with Crippen molar-refractivity contribution in [2.45, 2.75) is 26.0 Å². The van der Waals surface area contributed by atoms with Gasteiger partial charge in [0.2, 0.25) is 0 Å². The van der Waals surface area contributed by atoms with E-state index in [-0.39, 0.29) is 5.78 Å².